The molecule has 1 fully saturated rings. The van der Waals surface area contributed by atoms with Gasteiger partial charge in [0.05, 0.1) is 10.7 Å². The largest absolute Gasteiger partial charge is 0.336 e. The summed E-state index contributed by atoms with van der Waals surface area (Å²) in [4.78, 5) is 16.8. The number of hydrogen-bond acceptors (Lipinski definition) is 3. The van der Waals surface area contributed by atoms with Gasteiger partial charge in [-0.25, -0.2) is 0 Å². The van der Waals surface area contributed by atoms with Gasteiger partial charge in [-0.15, -0.1) is 0 Å². The second kappa shape index (κ2) is 5.85. The normalized spacial score (nSPS) is 21.2. The summed E-state index contributed by atoms with van der Waals surface area (Å²) in [6, 6.07) is 0. The Morgan fingerprint density at radius 3 is 2.59 bits per heavy atom. The summed E-state index contributed by atoms with van der Waals surface area (Å²) in [5, 5.41) is 5.06. The summed E-state index contributed by atoms with van der Waals surface area (Å²) in [5.41, 5.74) is 1.72. The van der Waals surface area contributed by atoms with E-state index in [9.17, 15) is 4.79 Å². The molecule has 1 amide bonds. The first kappa shape index (κ1) is 15.8. The molecule has 0 atom stereocenters. The Labute approximate surface area is 137 Å². The van der Waals surface area contributed by atoms with Crippen LogP contribution in [0.5, 0.6) is 0 Å². The Kier molecular flexibility index (Phi) is 4.21. The molecule has 6 heteroatoms. The summed E-state index contributed by atoms with van der Waals surface area (Å²) in [5.74, 6) is -0.00856. The lowest BCUT2D eigenvalue weighted by atomic mass is 9.75. The average Bonchev–Trinajstić information content (AvgIpc) is 2.65. The molecular weight excluding hydrogens is 300 g/mol. The zero-order chi connectivity index (χ0) is 15.9. The van der Waals surface area contributed by atoms with E-state index in [2.05, 4.69) is 30.9 Å². The van der Waals surface area contributed by atoms with E-state index in [4.69, 9.17) is 11.6 Å². The van der Waals surface area contributed by atoms with Crippen LogP contribution in [-0.4, -0.2) is 52.2 Å². The van der Waals surface area contributed by atoms with Crippen molar-refractivity contribution in [2.24, 2.45) is 5.41 Å². The predicted octanol–water partition coefficient (Wildman–Crippen LogP) is 2.63. The molecule has 0 bridgehead atoms. The maximum Gasteiger partial charge on any atom is 0.275 e. The Hall–Kier alpha value is -1.07. The van der Waals surface area contributed by atoms with Gasteiger partial charge in [0.1, 0.15) is 0 Å². The lowest BCUT2D eigenvalue weighted by molar-refractivity contribution is 0.000837. The second-order valence-corrected chi connectivity index (χ2v) is 7.17. The van der Waals surface area contributed by atoms with Crippen molar-refractivity contribution in [2.45, 2.75) is 46.2 Å². The van der Waals surface area contributed by atoms with Crippen LogP contribution in [0.1, 0.15) is 49.3 Å². The number of amides is 1. The highest BCUT2D eigenvalue weighted by molar-refractivity contribution is 6.34. The number of nitrogens with zero attached hydrogens (tertiary/aromatic N) is 4. The zero-order valence-corrected chi connectivity index (χ0v) is 14.5. The van der Waals surface area contributed by atoms with Crippen molar-refractivity contribution >= 4 is 17.5 Å². The van der Waals surface area contributed by atoms with Crippen LogP contribution in [-0.2, 0) is 13.1 Å². The van der Waals surface area contributed by atoms with Crippen LogP contribution in [0.25, 0.3) is 0 Å². The maximum absolute atomic E-state index is 12.7. The van der Waals surface area contributed by atoms with Crippen molar-refractivity contribution in [1.29, 1.82) is 0 Å². The van der Waals surface area contributed by atoms with Crippen LogP contribution >= 0.6 is 11.6 Å². The quantitative estimate of drug-likeness (QED) is 0.858. The average molecular weight is 325 g/mol. The molecule has 5 nitrogen and oxygen atoms in total. The van der Waals surface area contributed by atoms with E-state index in [1.165, 1.54) is 0 Å². The summed E-state index contributed by atoms with van der Waals surface area (Å²) >= 11 is 6.48. The molecule has 2 aliphatic heterocycles. The summed E-state index contributed by atoms with van der Waals surface area (Å²) in [6.07, 6.45) is 3.27. The third-order valence-electron chi connectivity index (χ3n) is 5.37. The van der Waals surface area contributed by atoms with Gasteiger partial charge in [0, 0.05) is 38.1 Å². The van der Waals surface area contributed by atoms with Crippen molar-refractivity contribution in [1.82, 2.24) is 19.6 Å². The van der Waals surface area contributed by atoms with Crippen LogP contribution in [0.2, 0.25) is 5.02 Å². The van der Waals surface area contributed by atoms with Crippen molar-refractivity contribution in [3.63, 3.8) is 0 Å². The third-order valence-corrected chi connectivity index (χ3v) is 5.76. The van der Waals surface area contributed by atoms with Crippen molar-refractivity contribution in [2.75, 3.05) is 26.7 Å². The van der Waals surface area contributed by atoms with E-state index in [1.54, 1.807) is 0 Å². The molecule has 1 aromatic rings. The Morgan fingerprint density at radius 2 is 1.95 bits per heavy atom. The monoisotopic (exact) mass is 324 g/mol. The number of hydrogen-bond donors (Lipinski definition) is 0. The van der Waals surface area contributed by atoms with Gasteiger partial charge in [-0.2, -0.15) is 5.10 Å². The topological polar surface area (TPSA) is 41.4 Å². The van der Waals surface area contributed by atoms with E-state index in [1.807, 2.05) is 9.58 Å². The Bertz CT molecular complexity index is 571. The molecule has 3 rings (SSSR count). The van der Waals surface area contributed by atoms with Gasteiger partial charge < -0.3 is 9.80 Å². The van der Waals surface area contributed by atoms with Crippen LogP contribution < -0.4 is 0 Å². The maximum atomic E-state index is 12.7. The van der Waals surface area contributed by atoms with Gasteiger partial charge in [-0.1, -0.05) is 25.4 Å². The van der Waals surface area contributed by atoms with Crippen molar-refractivity contribution in [3.8, 4) is 0 Å². The summed E-state index contributed by atoms with van der Waals surface area (Å²) < 4.78 is 1.92. The van der Waals surface area contributed by atoms with E-state index in [0.717, 1.165) is 57.7 Å². The fourth-order valence-corrected chi connectivity index (χ4v) is 3.80. The number of aryl methyl sites for hydroxylation is 1. The standard InChI is InChI=1S/C16H25ClN4O/c1-4-16(5-2)10-20(11-16)15(22)14-13(17)12-9-19(3)7-6-8-21(12)18-14/h4-11H2,1-3H3. The fourth-order valence-electron chi connectivity index (χ4n) is 3.53. The highest BCUT2D eigenvalue weighted by Gasteiger charge is 2.43. The third kappa shape index (κ3) is 2.54. The van der Waals surface area contributed by atoms with Crippen molar-refractivity contribution in [3.05, 3.63) is 16.4 Å². The number of carbonyl (C=O) groups is 1. The van der Waals surface area contributed by atoms with E-state index in [-0.39, 0.29) is 5.91 Å². The number of fused-ring (bicyclic) bond motifs is 1. The highest BCUT2D eigenvalue weighted by Crippen LogP contribution is 2.38. The van der Waals surface area contributed by atoms with Gasteiger partial charge in [0.15, 0.2) is 5.69 Å². The number of likely N-dealkylation sites (tertiary alicyclic amines) is 1. The first-order valence-electron chi connectivity index (χ1n) is 8.22. The highest BCUT2D eigenvalue weighted by atomic mass is 35.5. The van der Waals surface area contributed by atoms with Gasteiger partial charge in [0.25, 0.3) is 5.91 Å². The molecule has 22 heavy (non-hydrogen) atoms. The Balaban J connectivity index is 1.79. The summed E-state index contributed by atoms with van der Waals surface area (Å²) in [6.45, 7) is 8.69. The van der Waals surface area contributed by atoms with Gasteiger partial charge in [-0.05, 0) is 26.3 Å². The van der Waals surface area contributed by atoms with Crippen LogP contribution in [0.4, 0.5) is 0 Å². The number of carbonyl (C=O) groups excluding carboxylic acids is 1. The lowest BCUT2D eigenvalue weighted by Crippen LogP contribution is -2.58. The van der Waals surface area contributed by atoms with Crippen molar-refractivity contribution < 1.29 is 4.79 Å². The van der Waals surface area contributed by atoms with E-state index >= 15 is 0 Å². The number of aromatic nitrogens is 2. The van der Waals surface area contributed by atoms with Crippen LogP contribution in [0.3, 0.4) is 0 Å². The van der Waals surface area contributed by atoms with E-state index < -0.39 is 0 Å². The number of rotatable bonds is 3. The van der Waals surface area contributed by atoms with Gasteiger partial charge in [-0.3, -0.25) is 9.48 Å². The molecule has 0 radical (unpaired) electrons. The van der Waals surface area contributed by atoms with Crippen LogP contribution in [0, 0.1) is 5.41 Å². The second-order valence-electron chi connectivity index (χ2n) is 6.79. The molecule has 1 aromatic heterocycles. The molecule has 0 aliphatic carbocycles. The molecule has 0 aromatic carbocycles. The molecule has 0 unspecified atom stereocenters. The number of halogens is 1. The Morgan fingerprint density at radius 1 is 1.27 bits per heavy atom. The van der Waals surface area contributed by atoms with Gasteiger partial charge in [0.2, 0.25) is 0 Å². The summed E-state index contributed by atoms with van der Waals surface area (Å²) in [7, 11) is 2.08. The molecule has 3 heterocycles. The molecule has 0 saturated carbocycles. The zero-order valence-electron chi connectivity index (χ0n) is 13.7. The molecule has 2 aliphatic rings. The minimum Gasteiger partial charge on any atom is -0.336 e. The minimum atomic E-state index is -0.00856. The van der Waals surface area contributed by atoms with Gasteiger partial charge >= 0.3 is 0 Å². The predicted molar refractivity (Wildman–Crippen MR) is 87.1 cm³/mol. The lowest BCUT2D eigenvalue weighted by Gasteiger charge is -2.49. The molecule has 122 valence electrons. The molecule has 0 N–H and O–H groups in total. The minimum absolute atomic E-state index is 0.00856. The van der Waals surface area contributed by atoms with Crippen LogP contribution in [0.15, 0.2) is 0 Å². The molecule has 1 saturated heterocycles. The first-order chi connectivity index (χ1) is 10.5. The fraction of sp³-hybridized carbons (Fsp3) is 0.750. The molecular formula is C16H25ClN4O. The first-order valence-corrected chi connectivity index (χ1v) is 8.60. The van der Waals surface area contributed by atoms with E-state index in [0.29, 0.717) is 16.1 Å². The molecule has 0 spiro atoms. The smallest absolute Gasteiger partial charge is 0.275 e. The SMILES string of the molecule is CCC1(CC)CN(C(=O)c2nn3c(c2Cl)CN(C)CCC3)C1.